The number of Topliss-reactive ketones (excluding diaryl/α,β-unsaturated/α-hetero) is 1. The fourth-order valence-electron chi connectivity index (χ4n) is 1.73. The maximum atomic E-state index is 12.4. The molecule has 112 valence electrons. The van der Waals surface area contributed by atoms with Gasteiger partial charge in [-0.2, -0.15) is 0 Å². The molecule has 0 spiro atoms. The Balaban J connectivity index is 2.15. The fraction of sp³-hybridized carbons (Fsp3) is 0.429. The van der Waals surface area contributed by atoms with Crippen LogP contribution in [0.2, 0.25) is 5.02 Å². The Hall–Kier alpha value is -1.40. The quantitative estimate of drug-likeness (QED) is 0.637. The van der Waals surface area contributed by atoms with Crippen LogP contribution in [0.1, 0.15) is 38.1 Å². The molecule has 1 aromatic carbocycles. The van der Waals surface area contributed by atoms with Crippen molar-refractivity contribution in [3.8, 4) is 0 Å². The number of carbonyl (C=O) groups excluding carboxylic acids is 1. The summed E-state index contributed by atoms with van der Waals surface area (Å²) in [4.78, 5) is 12.4. The zero-order valence-electron chi connectivity index (χ0n) is 12.4. The number of rotatable bonds is 4. The highest BCUT2D eigenvalue weighted by molar-refractivity contribution is 8.00. The first-order chi connectivity index (χ1) is 9.79. The van der Waals surface area contributed by atoms with Gasteiger partial charge < -0.3 is 0 Å². The van der Waals surface area contributed by atoms with E-state index >= 15 is 0 Å². The van der Waals surface area contributed by atoms with E-state index in [0.717, 1.165) is 0 Å². The number of tetrazole rings is 1. The van der Waals surface area contributed by atoms with Crippen molar-refractivity contribution in [2.45, 2.75) is 43.6 Å². The molecule has 2 rings (SSSR count). The zero-order chi connectivity index (χ0) is 15.6. The number of benzene rings is 1. The lowest BCUT2D eigenvalue weighted by Crippen LogP contribution is -2.25. The molecular formula is C14H17ClN4OS. The van der Waals surface area contributed by atoms with Crippen molar-refractivity contribution in [2.24, 2.45) is 0 Å². The summed E-state index contributed by atoms with van der Waals surface area (Å²) in [6, 6.07) is 6.89. The number of thioether (sulfide) groups is 1. The van der Waals surface area contributed by atoms with Crippen molar-refractivity contribution in [2.75, 3.05) is 0 Å². The fourth-order valence-corrected chi connectivity index (χ4v) is 2.91. The highest BCUT2D eigenvalue weighted by atomic mass is 35.5. The van der Waals surface area contributed by atoms with Crippen molar-refractivity contribution in [1.82, 2.24) is 20.2 Å². The molecule has 1 heterocycles. The predicted octanol–water partition coefficient (Wildman–Crippen LogP) is 3.45. The Morgan fingerprint density at radius 2 is 1.90 bits per heavy atom. The molecule has 0 aliphatic rings. The largest absolute Gasteiger partial charge is 0.293 e. The third kappa shape index (κ3) is 3.83. The van der Waals surface area contributed by atoms with Crippen LogP contribution in [0.4, 0.5) is 0 Å². The van der Waals surface area contributed by atoms with Gasteiger partial charge in [-0.3, -0.25) is 4.79 Å². The molecule has 0 amide bonds. The first-order valence-electron chi connectivity index (χ1n) is 6.54. The van der Waals surface area contributed by atoms with Gasteiger partial charge in [-0.25, -0.2) is 4.68 Å². The second kappa shape index (κ2) is 6.15. The summed E-state index contributed by atoms with van der Waals surface area (Å²) in [6.07, 6.45) is 0. The van der Waals surface area contributed by atoms with E-state index in [0.29, 0.717) is 15.7 Å². The lowest BCUT2D eigenvalue weighted by atomic mass is 10.1. The zero-order valence-corrected chi connectivity index (χ0v) is 13.9. The van der Waals surface area contributed by atoms with Gasteiger partial charge in [-0.1, -0.05) is 23.4 Å². The van der Waals surface area contributed by atoms with Gasteiger partial charge >= 0.3 is 0 Å². The van der Waals surface area contributed by atoms with E-state index in [1.165, 1.54) is 11.8 Å². The van der Waals surface area contributed by atoms with Gasteiger partial charge in [0.25, 0.3) is 0 Å². The molecule has 0 aliphatic carbocycles. The molecule has 7 heteroatoms. The van der Waals surface area contributed by atoms with Crippen LogP contribution in [-0.2, 0) is 5.54 Å². The van der Waals surface area contributed by atoms with E-state index in [9.17, 15) is 4.79 Å². The Morgan fingerprint density at radius 1 is 1.29 bits per heavy atom. The summed E-state index contributed by atoms with van der Waals surface area (Å²) in [5.41, 5.74) is 0.406. The maximum absolute atomic E-state index is 12.4. The minimum atomic E-state index is -0.279. The SMILES string of the molecule is CC(Sc1nnnn1C(C)(C)C)C(=O)c1ccc(Cl)cc1. The summed E-state index contributed by atoms with van der Waals surface area (Å²) >= 11 is 7.19. The Kier molecular flexibility index (Phi) is 4.68. The monoisotopic (exact) mass is 324 g/mol. The molecule has 21 heavy (non-hydrogen) atoms. The Morgan fingerprint density at radius 3 is 2.48 bits per heavy atom. The molecule has 0 saturated heterocycles. The third-order valence-electron chi connectivity index (χ3n) is 2.86. The van der Waals surface area contributed by atoms with Crippen molar-refractivity contribution in [1.29, 1.82) is 0 Å². The number of nitrogens with zero attached hydrogens (tertiary/aromatic N) is 4. The predicted molar refractivity (Wildman–Crippen MR) is 83.9 cm³/mol. The molecule has 0 saturated carbocycles. The highest BCUT2D eigenvalue weighted by Crippen LogP contribution is 2.27. The summed E-state index contributed by atoms with van der Waals surface area (Å²) in [7, 11) is 0. The van der Waals surface area contributed by atoms with Crippen molar-refractivity contribution in [3.05, 3.63) is 34.9 Å². The molecule has 0 N–H and O–H groups in total. The second-order valence-electron chi connectivity index (χ2n) is 5.68. The third-order valence-corrected chi connectivity index (χ3v) is 4.14. The average molecular weight is 325 g/mol. The van der Waals surface area contributed by atoms with E-state index in [1.54, 1.807) is 28.9 Å². The highest BCUT2D eigenvalue weighted by Gasteiger charge is 2.24. The van der Waals surface area contributed by atoms with Crippen LogP contribution >= 0.6 is 23.4 Å². The molecule has 2 aromatic rings. The van der Waals surface area contributed by atoms with Crippen LogP contribution in [-0.4, -0.2) is 31.2 Å². The van der Waals surface area contributed by atoms with Crippen molar-refractivity contribution >= 4 is 29.1 Å². The lowest BCUT2D eigenvalue weighted by molar-refractivity contribution is 0.0993. The van der Waals surface area contributed by atoms with Crippen LogP contribution in [0.15, 0.2) is 29.4 Å². The van der Waals surface area contributed by atoms with Crippen LogP contribution in [0.5, 0.6) is 0 Å². The molecule has 1 atom stereocenters. The van der Waals surface area contributed by atoms with E-state index < -0.39 is 0 Å². The van der Waals surface area contributed by atoms with Gasteiger partial charge in [-0.15, -0.1) is 5.10 Å². The number of carbonyl (C=O) groups is 1. The maximum Gasteiger partial charge on any atom is 0.210 e. The van der Waals surface area contributed by atoms with Gasteiger partial charge in [0.2, 0.25) is 5.16 Å². The summed E-state index contributed by atoms with van der Waals surface area (Å²) in [6.45, 7) is 7.89. The van der Waals surface area contributed by atoms with E-state index in [-0.39, 0.29) is 16.6 Å². The number of halogens is 1. The topological polar surface area (TPSA) is 60.7 Å². The number of hydrogen-bond acceptors (Lipinski definition) is 5. The van der Waals surface area contributed by atoms with Crippen LogP contribution in [0, 0.1) is 0 Å². The normalized spacial score (nSPS) is 13.2. The summed E-state index contributed by atoms with van der Waals surface area (Å²) in [5.74, 6) is 0.0279. The van der Waals surface area contributed by atoms with Crippen molar-refractivity contribution < 1.29 is 4.79 Å². The number of hydrogen-bond donors (Lipinski definition) is 0. The Bertz CT molecular complexity index is 633. The van der Waals surface area contributed by atoms with Gasteiger partial charge in [0, 0.05) is 10.6 Å². The van der Waals surface area contributed by atoms with Gasteiger partial charge in [0.05, 0.1) is 10.8 Å². The van der Waals surface area contributed by atoms with Crippen molar-refractivity contribution in [3.63, 3.8) is 0 Å². The Labute approximate surface area is 133 Å². The molecule has 1 aromatic heterocycles. The molecule has 0 bridgehead atoms. The molecular weight excluding hydrogens is 308 g/mol. The van der Waals surface area contributed by atoms with E-state index in [2.05, 4.69) is 15.5 Å². The van der Waals surface area contributed by atoms with E-state index in [4.69, 9.17) is 11.6 Å². The smallest absolute Gasteiger partial charge is 0.210 e. The second-order valence-corrected chi connectivity index (χ2v) is 7.42. The summed E-state index contributed by atoms with van der Waals surface area (Å²) < 4.78 is 1.73. The van der Waals surface area contributed by atoms with Crippen LogP contribution < -0.4 is 0 Å². The first kappa shape index (κ1) is 16.0. The molecule has 0 aliphatic heterocycles. The number of ketones is 1. The van der Waals surface area contributed by atoms with Crippen LogP contribution in [0.25, 0.3) is 0 Å². The van der Waals surface area contributed by atoms with E-state index in [1.807, 2.05) is 27.7 Å². The number of aromatic nitrogens is 4. The molecule has 1 unspecified atom stereocenters. The van der Waals surface area contributed by atoms with Gasteiger partial charge in [0.1, 0.15) is 0 Å². The minimum absolute atomic E-state index is 0.0279. The summed E-state index contributed by atoms with van der Waals surface area (Å²) in [5, 5.41) is 12.7. The molecule has 5 nitrogen and oxygen atoms in total. The van der Waals surface area contributed by atoms with Gasteiger partial charge in [0.15, 0.2) is 5.78 Å². The lowest BCUT2D eigenvalue weighted by Gasteiger charge is -2.20. The minimum Gasteiger partial charge on any atom is -0.293 e. The first-order valence-corrected chi connectivity index (χ1v) is 7.80. The van der Waals surface area contributed by atoms with Gasteiger partial charge in [-0.05, 0) is 62.4 Å². The van der Waals surface area contributed by atoms with Crippen LogP contribution in [0.3, 0.4) is 0 Å². The average Bonchev–Trinajstić information content (AvgIpc) is 2.87. The molecule has 0 radical (unpaired) electrons. The molecule has 0 fully saturated rings. The standard InChI is InChI=1S/C14H17ClN4OS/c1-9(12(20)10-5-7-11(15)8-6-10)21-13-16-17-18-19(13)14(2,3)4/h5-9H,1-4H3.